The summed E-state index contributed by atoms with van der Waals surface area (Å²) in [5.41, 5.74) is 11.8. The summed E-state index contributed by atoms with van der Waals surface area (Å²) < 4.78 is 4.69. The lowest BCUT2D eigenvalue weighted by atomic mass is 10.1. The normalized spacial score (nSPS) is 12.3. The first kappa shape index (κ1) is 13.3. The molecule has 0 heterocycles. The molecule has 1 saturated carbocycles. The Kier molecular flexibility index (Phi) is 5.29. The molecular formula is C12H18N2O3. The highest BCUT2D eigenvalue weighted by Gasteiger charge is 2.11. The van der Waals surface area contributed by atoms with Crippen LogP contribution in [0.4, 0.5) is 11.4 Å². The average molecular weight is 238 g/mol. The van der Waals surface area contributed by atoms with Crippen molar-refractivity contribution < 1.29 is 14.6 Å². The third-order valence-corrected chi connectivity index (χ3v) is 2.04. The zero-order valence-electron chi connectivity index (χ0n) is 9.69. The van der Waals surface area contributed by atoms with Gasteiger partial charge in [0, 0.05) is 0 Å². The third kappa shape index (κ3) is 4.74. The average Bonchev–Trinajstić information content (AvgIpc) is 3.17. The molecule has 0 amide bonds. The van der Waals surface area contributed by atoms with Crippen molar-refractivity contribution in [2.75, 3.05) is 24.7 Å². The number of hydrogen-bond acceptors (Lipinski definition) is 5. The van der Waals surface area contributed by atoms with E-state index < -0.39 is 5.97 Å². The molecule has 5 N–H and O–H groups in total. The molecule has 17 heavy (non-hydrogen) atoms. The minimum absolute atomic E-state index is 0.0485. The van der Waals surface area contributed by atoms with Crippen molar-refractivity contribution in [3.63, 3.8) is 0 Å². The number of esters is 1. The van der Waals surface area contributed by atoms with Crippen molar-refractivity contribution in [3.05, 3.63) is 23.8 Å². The third-order valence-electron chi connectivity index (χ3n) is 2.04. The molecule has 1 aliphatic carbocycles. The fourth-order valence-electron chi connectivity index (χ4n) is 0.977. The molecule has 1 aromatic rings. The van der Waals surface area contributed by atoms with Gasteiger partial charge in [0.05, 0.1) is 23.5 Å². The maximum Gasteiger partial charge on any atom is 0.340 e. The van der Waals surface area contributed by atoms with Gasteiger partial charge in [0.2, 0.25) is 0 Å². The molecule has 1 fully saturated rings. The van der Waals surface area contributed by atoms with Gasteiger partial charge < -0.3 is 21.3 Å². The van der Waals surface area contributed by atoms with Crippen molar-refractivity contribution in [1.29, 1.82) is 0 Å². The molecule has 0 unspecified atom stereocenters. The van der Waals surface area contributed by atoms with Crippen LogP contribution < -0.4 is 11.5 Å². The van der Waals surface area contributed by atoms with Crippen LogP contribution in [-0.2, 0) is 4.74 Å². The Balaban J connectivity index is 0.000000415. The van der Waals surface area contributed by atoms with E-state index in [1.54, 1.807) is 12.1 Å². The quantitative estimate of drug-likeness (QED) is 0.542. The van der Waals surface area contributed by atoms with E-state index in [0.717, 1.165) is 0 Å². The van der Waals surface area contributed by atoms with E-state index in [9.17, 15) is 4.79 Å². The lowest BCUT2D eigenvalue weighted by molar-refractivity contribution is 0.0435. The Morgan fingerprint density at radius 1 is 1.29 bits per heavy atom. The molecule has 5 nitrogen and oxygen atoms in total. The van der Waals surface area contributed by atoms with Crippen LogP contribution in [0, 0.1) is 0 Å². The number of rotatable bonds is 3. The number of ether oxygens (including phenoxy) is 1. The molecule has 0 aliphatic heterocycles. The Morgan fingerprint density at radius 3 is 2.47 bits per heavy atom. The van der Waals surface area contributed by atoms with Gasteiger partial charge in [-0.2, -0.15) is 0 Å². The number of benzene rings is 1. The van der Waals surface area contributed by atoms with E-state index in [1.807, 2.05) is 0 Å². The second kappa shape index (κ2) is 6.75. The summed E-state index contributed by atoms with van der Waals surface area (Å²) in [5, 5.41) is 8.45. The minimum atomic E-state index is -0.580. The van der Waals surface area contributed by atoms with Crippen LogP contribution in [0.3, 0.4) is 0 Å². The van der Waals surface area contributed by atoms with Gasteiger partial charge in [0.15, 0.2) is 0 Å². The first-order valence-corrected chi connectivity index (χ1v) is 5.58. The van der Waals surface area contributed by atoms with Crippen molar-refractivity contribution in [2.45, 2.75) is 19.3 Å². The molecule has 5 heteroatoms. The van der Waals surface area contributed by atoms with Gasteiger partial charge in [-0.05, 0) is 12.1 Å². The molecule has 0 atom stereocenters. The number of carbonyl (C=O) groups is 1. The molecule has 0 saturated heterocycles. The van der Waals surface area contributed by atoms with Crippen LogP contribution in [0.5, 0.6) is 0 Å². The predicted octanol–water partition coefficient (Wildman–Crippen LogP) is 1.17. The second-order valence-electron chi connectivity index (χ2n) is 3.73. The highest BCUT2D eigenvalue weighted by molar-refractivity contribution is 5.97. The number of nitrogen functional groups attached to an aromatic ring is 2. The number of para-hydroxylation sites is 1. The summed E-state index contributed by atoms with van der Waals surface area (Å²) in [7, 11) is 0. The second-order valence-corrected chi connectivity index (χ2v) is 3.73. The van der Waals surface area contributed by atoms with E-state index >= 15 is 0 Å². The number of aliphatic hydroxyl groups excluding tert-OH is 1. The monoisotopic (exact) mass is 238 g/mol. The topological polar surface area (TPSA) is 98.6 Å². The minimum Gasteiger partial charge on any atom is -0.460 e. The number of anilines is 2. The van der Waals surface area contributed by atoms with Gasteiger partial charge in [-0.3, -0.25) is 0 Å². The lowest BCUT2D eigenvalue weighted by Gasteiger charge is -2.07. The molecule has 0 aromatic heterocycles. The fraction of sp³-hybridized carbons (Fsp3) is 0.417. The van der Waals surface area contributed by atoms with Crippen LogP contribution in [0.25, 0.3) is 0 Å². The van der Waals surface area contributed by atoms with E-state index in [1.165, 1.54) is 25.3 Å². The Morgan fingerprint density at radius 2 is 1.94 bits per heavy atom. The SMILES string of the molecule is C1CC1.Nc1cccc(C(=O)OCCO)c1N. The fourth-order valence-corrected chi connectivity index (χ4v) is 0.977. The summed E-state index contributed by atoms with van der Waals surface area (Å²) in [6.07, 6.45) is 4.50. The van der Waals surface area contributed by atoms with E-state index in [-0.39, 0.29) is 24.5 Å². The van der Waals surface area contributed by atoms with Crippen molar-refractivity contribution >= 4 is 17.3 Å². The Hall–Kier alpha value is -1.75. The molecule has 0 bridgehead atoms. The van der Waals surface area contributed by atoms with Crippen molar-refractivity contribution in [2.24, 2.45) is 0 Å². The first-order valence-electron chi connectivity index (χ1n) is 5.58. The lowest BCUT2D eigenvalue weighted by Crippen LogP contribution is -2.11. The molecule has 1 aromatic carbocycles. The van der Waals surface area contributed by atoms with Gasteiger partial charge in [0.25, 0.3) is 0 Å². The maximum atomic E-state index is 11.3. The summed E-state index contributed by atoms with van der Waals surface area (Å²) in [4.78, 5) is 11.3. The first-order chi connectivity index (χ1) is 8.16. The molecule has 0 spiro atoms. The van der Waals surface area contributed by atoms with Gasteiger partial charge in [-0.25, -0.2) is 4.79 Å². The maximum absolute atomic E-state index is 11.3. The zero-order valence-corrected chi connectivity index (χ0v) is 9.69. The molecule has 94 valence electrons. The Bertz CT molecular complexity index is 375. The Labute approximate surface area is 100 Å². The summed E-state index contributed by atoms with van der Waals surface area (Å²) in [6, 6.07) is 4.73. The van der Waals surface area contributed by atoms with Crippen LogP contribution in [0.1, 0.15) is 29.6 Å². The van der Waals surface area contributed by atoms with E-state index in [2.05, 4.69) is 4.74 Å². The predicted molar refractivity (Wildman–Crippen MR) is 66.5 cm³/mol. The van der Waals surface area contributed by atoms with Gasteiger partial charge >= 0.3 is 5.97 Å². The van der Waals surface area contributed by atoms with E-state index in [0.29, 0.717) is 5.69 Å². The van der Waals surface area contributed by atoms with Gasteiger partial charge in [-0.1, -0.05) is 25.3 Å². The number of aliphatic hydroxyl groups is 1. The van der Waals surface area contributed by atoms with Crippen molar-refractivity contribution in [1.82, 2.24) is 0 Å². The largest absolute Gasteiger partial charge is 0.460 e. The summed E-state index contributed by atoms with van der Waals surface area (Å²) >= 11 is 0. The van der Waals surface area contributed by atoms with Crippen molar-refractivity contribution in [3.8, 4) is 0 Å². The van der Waals surface area contributed by atoms with E-state index in [4.69, 9.17) is 16.6 Å². The molecule has 1 aliphatic rings. The highest BCUT2D eigenvalue weighted by atomic mass is 16.5. The van der Waals surface area contributed by atoms with Gasteiger partial charge in [-0.15, -0.1) is 0 Å². The molecule has 0 radical (unpaired) electrons. The van der Waals surface area contributed by atoms with Crippen LogP contribution in [0.2, 0.25) is 0 Å². The number of nitrogens with two attached hydrogens (primary N) is 2. The number of hydrogen-bond donors (Lipinski definition) is 3. The van der Waals surface area contributed by atoms with Gasteiger partial charge in [0.1, 0.15) is 6.61 Å². The molecular weight excluding hydrogens is 220 g/mol. The smallest absolute Gasteiger partial charge is 0.340 e. The highest BCUT2D eigenvalue weighted by Crippen LogP contribution is 2.19. The molecule has 2 rings (SSSR count). The summed E-state index contributed by atoms with van der Waals surface area (Å²) in [5.74, 6) is -0.580. The standard InChI is InChI=1S/C9H12N2O3.C3H6/c10-7-3-1-2-6(8(7)11)9(13)14-5-4-12;1-2-3-1/h1-3,12H,4-5,10-11H2;1-3H2. The number of carbonyl (C=O) groups excluding carboxylic acids is 1. The summed E-state index contributed by atoms with van der Waals surface area (Å²) in [6.45, 7) is -0.263. The van der Waals surface area contributed by atoms with Crippen LogP contribution in [-0.4, -0.2) is 24.3 Å². The van der Waals surface area contributed by atoms with Crippen LogP contribution >= 0.6 is 0 Å². The zero-order chi connectivity index (χ0) is 12.7. The van der Waals surface area contributed by atoms with Crippen LogP contribution in [0.15, 0.2) is 18.2 Å².